The van der Waals surface area contributed by atoms with Gasteiger partial charge in [0.15, 0.2) is 0 Å². The number of hydrogen-bond acceptors (Lipinski definition) is 2. The number of carbonyl (C=O) groups is 1. The predicted octanol–water partition coefficient (Wildman–Crippen LogP) is 3.84. The molecule has 2 saturated heterocycles. The van der Waals surface area contributed by atoms with E-state index >= 15 is 0 Å². The second kappa shape index (κ2) is 8.15. The number of quaternary nitrogens is 1. The lowest BCUT2D eigenvalue weighted by atomic mass is 9.59. The average molecular weight is 409 g/mol. The minimum absolute atomic E-state index is 0.0712. The molecule has 1 N–H and O–H groups in total. The van der Waals surface area contributed by atoms with Crippen molar-refractivity contribution in [1.29, 1.82) is 0 Å². The van der Waals surface area contributed by atoms with E-state index < -0.39 is 0 Å². The molecule has 0 bridgehead atoms. The zero-order valence-corrected chi connectivity index (χ0v) is 18.7. The van der Waals surface area contributed by atoms with Crippen LogP contribution in [-0.2, 0) is 16.0 Å². The Morgan fingerprint density at radius 3 is 2.67 bits per heavy atom. The van der Waals surface area contributed by atoms with Gasteiger partial charge in [-0.2, -0.15) is 0 Å². The molecule has 0 aromatic heterocycles. The standard InChI is InChI=1S/C27H37NO2/c1-19-7-6-12-27(2)17-25-22(16-24(19)27)23(26(29)30-25)18-28-13-10-21(11-14-28)15-20-8-4-3-5-9-20/h3-5,8-9,16,19,21-23,25H,6-7,10-15,17-18H2,1-2H3/p+1/t19-,22+,23-,25+,27+/m0/s1. The summed E-state index contributed by atoms with van der Waals surface area (Å²) in [5.41, 5.74) is 3.36. The summed E-state index contributed by atoms with van der Waals surface area (Å²) in [6.45, 7) is 8.16. The SMILES string of the molecule is C[C@H]1CCC[C@]2(C)C[C@H]3OC(=O)[C@@H](C[NH+]4CCC(Cc5ccccc5)CC4)[C@H]3C=C12. The van der Waals surface area contributed by atoms with E-state index in [1.165, 1.54) is 57.2 Å². The zero-order valence-electron chi connectivity index (χ0n) is 18.7. The highest BCUT2D eigenvalue weighted by Crippen LogP contribution is 2.53. The van der Waals surface area contributed by atoms with Gasteiger partial charge in [-0.15, -0.1) is 0 Å². The Hall–Kier alpha value is -1.61. The second-order valence-electron chi connectivity index (χ2n) is 10.9. The Labute approximate surface area is 181 Å². The quantitative estimate of drug-likeness (QED) is 0.606. The van der Waals surface area contributed by atoms with Crippen LogP contribution in [0.3, 0.4) is 0 Å². The van der Waals surface area contributed by atoms with Crippen molar-refractivity contribution in [3.05, 3.63) is 47.5 Å². The Balaban J connectivity index is 1.22. The van der Waals surface area contributed by atoms with E-state index in [4.69, 9.17) is 4.74 Å². The van der Waals surface area contributed by atoms with Gasteiger partial charge in [-0.1, -0.05) is 62.2 Å². The normalized spacial score (nSPS) is 40.9. The van der Waals surface area contributed by atoms with Crippen LogP contribution < -0.4 is 4.90 Å². The van der Waals surface area contributed by atoms with Crippen LogP contribution in [0.2, 0.25) is 0 Å². The van der Waals surface area contributed by atoms with Crippen molar-refractivity contribution in [3.63, 3.8) is 0 Å². The summed E-state index contributed by atoms with van der Waals surface area (Å²) < 4.78 is 5.97. The van der Waals surface area contributed by atoms with Gasteiger partial charge in [0.05, 0.1) is 19.6 Å². The third-order valence-corrected chi connectivity index (χ3v) is 8.77. The number of rotatable bonds is 4. The summed E-state index contributed by atoms with van der Waals surface area (Å²) in [4.78, 5) is 14.5. The molecule has 0 amide bonds. The molecule has 5 rings (SSSR count). The first kappa shape index (κ1) is 20.3. The van der Waals surface area contributed by atoms with E-state index in [0.29, 0.717) is 11.8 Å². The minimum Gasteiger partial charge on any atom is -0.461 e. The lowest BCUT2D eigenvalue weighted by Crippen LogP contribution is -3.14. The fraction of sp³-hybridized carbons (Fsp3) is 0.667. The van der Waals surface area contributed by atoms with Gasteiger partial charge in [0.2, 0.25) is 0 Å². The number of hydrogen-bond donors (Lipinski definition) is 1. The summed E-state index contributed by atoms with van der Waals surface area (Å²) in [5.74, 6) is 1.93. The number of nitrogens with one attached hydrogen (secondary N) is 1. The van der Waals surface area contributed by atoms with Gasteiger partial charge in [0, 0.05) is 5.92 Å². The summed E-state index contributed by atoms with van der Waals surface area (Å²) in [7, 11) is 0. The number of carbonyl (C=O) groups excluding carboxylic acids is 1. The zero-order chi connectivity index (χ0) is 20.7. The van der Waals surface area contributed by atoms with Crippen LogP contribution in [0.4, 0.5) is 0 Å². The van der Waals surface area contributed by atoms with E-state index in [2.05, 4.69) is 50.3 Å². The Morgan fingerprint density at radius 1 is 1.13 bits per heavy atom. The maximum Gasteiger partial charge on any atom is 0.315 e. The average Bonchev–Trinajstić information content (AvgIpc) is 3.02. The van der Waals surface area contributed by atoms with Gasteiger partial charge in [-0.25, -0.2) is 0 Å². The monoisotopic (exact) mass is 408 g/mol. The molecular formula is C27H38NO2+. The number of allylic oxidation sites excluding steroid dienone is 1. The van der Waals surface area contributed by atoms with Crippen molar-refractivity contribution in [3.8, 4) is 0 Å². The maximum absolute atomic E-state index is 12.8. The topological polar surface area (TPSA) is 30.7 Å². The molecule has 3 fully saturated rings. The fourth-order valence-electron chi connectivity index (χ4n) is 7.03. The molecule has 0 spiro atoms. The summed E-state index contributed by atoms with van der Waals surface area (Å²) >= 11 is 0. The van der Waals surface area contributed by atoms with E-state index in [0.717, 1.165) is 18.9 Å². The van der Waals surface area contributed by atoms with E-state index in [1.54, 1.807) is 10.5 Å². The van der Waals surface area contributed by atoms with Gasteiger partial charge < -0.3 is 9.64 Å². The molecule has 1 aromatic carbocycles. The number of likely N-dealkylation sites (tertiary alicyclic amines) is 1. The minimum atomic E-state index is 0.0712. The molecule has 3 heteroatoms. The number of esters is 1. The first-order chi connectivity index (χ1) is 14.5. The lowest BCUT2D eigenvalue weighted by Gasteiger charge is -2.46. The molecule has 2 aliphatic heterocycles. The van der Waals surface area contributed by atoms with Gasteiger partial charge in [-0.3, -0.25) is 4.79 Å². The largest absolute Gasteiger partial charge is 0.461 e. The van der Waals surface area contributed by atoms with Crippen LogP contribution in [-0.4, -0.2) is 31.7 Å². The lowest BCUT2D eigenvalue weighted by molar-refractivity contribution is -0.908. The molecule has 30 heavy (non-hydrogen) atoms. The molecule has 4 aliphatic rings. The number of fused-ring (bicyclic) bond motifs is 2. The van der Waals surface area contributed by atoms with Crippen LogP contribution in [0, 0.1) is 29.1 Å². The van der Waals surface area contributed by atoms with E-state index in [-0.39, 0.29) is 23.4 Å². The first-order valence-electron chi connectivity index (χ1n) is 12.3. The number of ether oxygens (including phenoxy) is 1. The third-order valence-electron chi connectivity index (χ3n) is 8.77. The highest BCUT2D eigenvalue weighted by molar-refractivity contribution is 5.76. The van der Waals surface area contributed by atoms with Crippen molar-refractivity contribution in [1.82, 2.24) is 0 Å². The van der Waals surface area contributed by atoms with Crippen LogP contribution in [0.15, 0.2) is 42.0 Å². The van der Waals surface area contributed by atoms with E-state index in [9.17, 15) is 4.79 Å². The molecule has 0 radical (unpaired) electrons. The Bertz CT molecular complexity index is 794. The number of piperidine rings is 1. The first-order valence-corrected chi connectivity index (χ1v) is 12.3. The smallest absolute Gasteiger partial charge is 0.315 e. The molecule has 162 valence electrons. The molecule has 0 unspecified atom stereocenters. The van der Waals surface area contributed by atoms with Gasteiger partial charge in [-0.05, 0) is 61.3 Å². The fourth-order valence-corrected chi connectivity index (χ4v) is 7.03. The molecule has 1 aromatic rings. The van der Waals surface area contributed by atoms with Crippen LogP contribution >= 0.6 is 0 Å². The molecule has 1 saturated carbocycles. The van der Waals surface area contributed by atoms with Crippen LogP contribution in [0.1, 0.15) is 57.9 Å². The highest BCUT2D eigenvalue weighted by Gasteiger charge is 2.52. The van der Waals surface area contributed by atoms with Gasteiger partial charge in [0.1, 0.15) is 12.0 Å². The highest BCUT2D eigenvalue weighted by atomic mass is 16.6. The summed E-state index contributed by atoms with van der Waals surface area (Å²) in [6.07, 6.45) is 11.3. The van der Waals surface area contributed by atoms with Crippen LogP contribution in [0.5, 0.6) is 0 Å². The van der Waals surface area contributed by atoms with E-state index in [1.807, 2.05) is 0 Å². The Morgan fingerprint density at radius 2 is 1.90 bits per heavy atom. The van der Waals surface area contributed by atoms with Crippen molar-refractivity contribution in [2.24, 2.45) is 29.1 Å². The third kappa shape index (κ3) is 3.86. The maximum atomic E-state index is 12.8. The summed E-state index contributed by atoms with van der Waals surface area (Å²) in [6, 6.07) is 10.9. The van der Waals surface area contributed by atoms with Crippen LogP contribution in [0.25, 0.3) is 0 Å². The number of benzene rings is 1. The van der Waals surface area contributed by atoms with Crippen molar-refractivity contribution in [2.75, 3.05) is 19.6 Å². The molecular weight excluding hydrogens is 370 g/mol. The molecule has 2 aliphatic carbocycles. The molecule has 2 heterocycles. The van der Waals surface area contributed by atoms with Gasteiger partial charge >= 0.3 is 5.97 Å². The Kier molecular flexibility index (Phi) is 5.51. The summed E-state index contributed by atoms with van der Waals surface area (Å²) in [5, 5.41) is 0. The van der Waals surface area contributed by atoms with Crippen molar-refractivity contribution in [2.45, 2.75) is 64.9 Å². The van der Waals surface area contributed by atoms with Crippen molar-refractivity contribution >= 4 is 5.97 Å². The van der Waals surface area contributed by atoms with Crippen molar-refractivity contribution < 1.29 is 14.4 Å². The van der Waals surface area contributed by atoms with Gasteiger partial charge in [0.25, 0.3) is 0 Å². The second-order valence-corrected chi connectivity index (χ2v) is 10.9. The molecule has 5 atom stereocenters. The molecule has 3 nitrogen and oxygen atoms in total. The predicted molar refractivity (Wildman–Crippen MR) is 119 cm³/mol.